The summed E-state index contributed by atoms with van der Waals surface area (Å²) in [7, 11) is 0. The fourth-order valence-electron chi connectivity index (χ4n) is 9.60. The van der Waals surface area contributed by atoms with Crippen LogP contribution in [-0.2, 0) is 5.41 Å². The van der Waals surface area contributed by atoms with Gasteiger partial charge in [-0.2, -0.15) is 0 Å². The lowest BCUT2D eigenvalue weighted by molar-refractivity contribution is 0.768. The molecule has 0 unspecified atom stereocenters. The van der Waals surface area contributed by atoms with E-state index in [1.807, 2.05) is 17.4 Å². The van der Waals surface area contributed by atoms with Gasteiger partial charge in [0.2, 0.25) is 0 Å². The Balaban J connectivity index is 1.04. The van der Waals surface area contributed by atoms with Crippen LogP contribution in [0.25, 0.3) is 87.7 Å². The van der Waals surface area contributed by atoms with Gasteiger partial charge in [0.1, 0.15) is 0 Å². The summed E-state index contributed by atoms with van der Waals surface area (Å²) >= 11 is 1.84. The van der Waals surface area contributed by atoms with Gasteiger partial charge in [-0.05, 0) is 79.9 Å². The van der Waals surface area contributed by atoms with Crippen molar-refractivity contribution in [3.05, 3.63) is 247 Å². The van der Waals surface area contributed by atoms with Gasteiger partial charge in [-0.15, -0.1) is 11.3 Å². The smallest absolute Gasteiger partial charge is 0.164 e. The molecule has 0 saturated heterocycles. The minimum Gasteiger partial charge on any atom is -0.208 e. The van der Waals surface area contributed by atoms with Crippen LogP contribution < -0.4 is 0 Å². The molecule has 0 radical (unpaired) electrons. The van der Waals surface area contributed by atoms with Crippen LogP contribution in [0.1, 0.15) is 22.3 Å². The summed E-state index contributed by atoms with van der Waals surface area (Å²) < 4.78 is 2.61. The van der Waals surface area contributed by atoms with Crippen LogP contribution in [0.3, 0.4) is 0 Å². The van der Waals surface area contributed by atoms with Gasteiger partial charge in [0.25, 0.3) is 0 Å². The van der Waals surface area contributed by atoms with Crippen LogP contribution in [0.4, 0.5) is 0 Å². The Morgan fingerprint density at radius 1 is 0.290 bits per heavy atom. The second-order valence-electron chi connectivity index (χ2n) is 15.9. The maximum Gasteiger partial charge on any atom is 0.164 e. The molecular formula is C58H37N3S. The summed E-state index contributed by atoms with van der Waals surface area (Å²) in [4.78, 5) is 15.9. The first-order valence-electron chi connectivity index (χ1n) is 21.0. The Bertz CT molecular complexity index is 3410. The van der Waals surface area contributed by atoms with Crippen molar-refractivity contribution in [1.82, 2.24) is 15.0 Å². The fourth-order valence-corrected chi connectivity index (χ4v) is 10.7. The van der Waals surface area contributed by atoms with Gasteiger partial charge in [0.15, 0.2) is 17.5 Å². The van der Waals surface area contributed by atoms with Gasteiger partial charge in [-0.25, -0.2) is 15.0 Å². The Labute approximate surface area is 364 Å². The van der Waals surface area contributed by atoms with Gasteiger partial charge in [0, 0.05) is 36.9 Å². The van der Waals surface area contributed by atoms with Crippen molar-refractivity contribution in [2.24, 2.45) is 0 Å². The van der Waals surface area contributed by atoms with E-state index in [2.05, 4.69) is 218 Å². The highest BCUT2D eigenvalue weighted by molar-refractivity contribution is 7.25. The number of benzene rings is 9. The zero-order valence-corrected chi connectivity index (χ0v) is 34.4. The third-order valence-corrected chi connectivity index (χ3v) is 13.6. The number of aromatic nitrogens is 3. The molecule has 9 aromatic carbocycles. The second-order valence-corrected chi connectivity index (χ2v) is 17.0. The first kappa shape index (κ1) is 36.1. The van der Waals surface area contributed by atoms with Crippen LogP contribution in [0.2, 0.25) is 0 Å². The number of rotatable bonds is 7. The number of nitrogens with zero attached hydrogens (tertiary/aromatic N) is 3. The zero-order valence-electron chi connectivity index (χ0n) is 33.6. The molecule has 2 heterocycles. The number of hydrogen-bond acceptors (Lipinski definition) is 4. The normalized spacial score (nSPS) is 12.6. The highest BCUT2D eigenvalue weighted by Crippen LogP contribution is 2.56. The monoisotopic (exact) mass is 807 g/mol. The maximum absolute atomic E-state index is 5.35. The van der Waals surface area contributed by atoms with E-state index in [9.17, 15) is 0 Å². The Kier molecular flexibility index (Phi) is 8.58. The molecule has 0 bridgehead atoms. The van der Waals surface area contributed by atoms with Gasteiger partial charge in [0.05, 0.1) is 5.41 Å². The van der Waals surface area contributed by atoms with Crippen molar-refractivity contribution in [3.63, 3.8) is 0 Å². The molecule has 11 aromatic rings. The highest BCUT2D eigenvalue weighted by Gasteiger charge is 2.46. The summed E-state index contributed by atoms with van der Waals surface area (Å²) in [6.07, 6.45) is 0. The topological polar surface area (TPSA) is 38.7 Å². The third kappa shape index (κ3) is 5.83. The van der Waals surface area contributed by atoms with Crippen molar-refractivity contribution in [3.8, 4) is 67.5 Å². The standard InChI is InChI=1S/C58H37N3S/c1-4-16-39(17-5-1)45-22-10-11-25-49(45)57-60-55(40-30-28-38(29-31-40)41-33-35-54-50(36-41)48-24-13-15-27-53(48)62-54)59-56(61-57)42-32-34-47-46-23-12-14-26-51(46)58(52(47)37-42,43-18-6-2-7-19-43)44-20-8-3-9-21-44/h1-37H. The average Bonchev–Trinajstić information content (AvgIpc) is 3.88. The van der Waals surface area contributed by atoms with E-state index in [1.54, 1.807) is 0 Å². The van der Waals surface area contributed by atoms with Gasteiger partial charge in [-0.3, -0.25) is 0 Å². The molecule has 290 valence electrons. The molecule has 0 spiro atoms. The first-order chi connectivity index (χ1) is 30.7. The van der Waals surface area contributed by atoms with E-state index in [0.717, 1.165) is 33.4 Å². The second kappa shape index (κ2) is 14.7. The first-order valence-corrected chi connectivity index (χ1v) is 21.8. The van der Waals surface area contributed by atoms with Gasteiger partial charge in [-0.1, -0.05) is 200 Å². The lowest BCUT2D eigenvalue weighted by Gasteiger charge is -2.34. The van der Waals surface area contributed by atoms with E-state index < -0.39 is 5.41 Å². The van der Waals surface area contributed by atoms with Gasteiger partial charge < -0.3 is 0 Å². The molecule has 0 fully saturated rings. The molecule has 4 heteroatoms. The fraction of sp³-hybridized carbons (Fsp3) is 0.0172. The predicted octanol–water partition coefficient (Wildman–Crippen LogP) is 14.9. The number of fused-ring (bicyclic) bond motifs is 6. The largest absolute Gasteiger partial charge is 0.208 e. The molecule has 1 aliphatic rings. The van der Waals surface area contributed by atoms with Crippen LogP contribution >= 0.6 is 11.3 Å². The summed E-state index contributed by atoms with van der Waals surface area (Å²) in [5.41, 5.74) is 14.1. The number of thiophene rings is 1. The molecule has 0 amide bonds. The predicted molar refractivity (Wildman–Crippen MR) is 257 cm³/mol. The lowest BCUT2D eigenvalue weighted by Crippen LogP contribution is -2.28. The maximum atomic E-state index is 5.35. The number of hydrogen-bond donors (Lipinski definition) is 0. The van der Waals surface area contributed by atoms with Gasteiger partial charge >= 0.3 is 0 Å². The van der Waals surface area contributed by atoms with E-state index in [0.29, 0.717) is 17.5 Å². The summed E-state index contributed by atoms with van der Waals surface area (Å²) in [6.45, 7) is 0. The highest BCUT2D eigenvalue weighted by atomic mass is 32.1. The molecule has 0 aliphatic heterocycles. The van der Waals surface area contributed by atoms with Crippen LogP contribution in [-0.4, -0.2) is 15.0 Å². The molecule has 0 N–H and O–H groups in total. The van der Waals surface area contributed by atoms with Crippen molar-refractivity contribution in [2.75, 3.05) is 0 Å². The molecule has 1 aliphatic carbocycles. The molecule has 12 rings (SSSR count). The quantitative estimate of drug-likeness (QED) is 0.161. The summed E-state index contributed by atoms with van der Waals surface area (Å²) in [6, 6.07) is 80.4. The van der Waals surface area contributed by atoms with Crippen molar-refractivity contribution in [2.45, 2.75) is 5.41 Å². The molecule has 0 saturated carbocycles. The SMILES string of the molecule is c1ccc(-c2ccccc2-c2nc(-c3ccc(-c4ccc5sc6ccccc6c5c4)cc3)nc(-c3ccc4c(c3)C(c3ccccc3)(c3ccccc3)c3ccccc3-4)n2)cc1. The van der Waals surface area contributed by atoms with Crippen molar-refractivity contribution >= 4 is 31.5 Å². The molecule has 3 nitrogen and oxygen atoms in total. The molecule has 0 atom stereocenters. The van der Waals surface area contributed by atoms with Crippen molar-refractivity contribution < 1.29 is 0 Å². The third-order valence-electron chi connectivity index (χ3n) is 12.5. The Morgan fingerprint density at radius 2 is 0.806 bits per heavy atom. The summed E-state index contributed by atoms with van der Waals surface area (Å²) in [5, 5.41) is 2.59. The molecule has 62 heavy (non-hydrogen) atoms. The Hall–Kier alpha value is -7.79. The van der Waals surface area contributed by atoms with E-state index in [-0.39, 0.29) is 0 Å². The van der Waals surface area contributed by atoms with E-state index >= 15 is 0 Å². The van der Waals surface area contributed by atoms with E-state index in [4.69, 9.17) is 15.0 Å². The Morgan fingerprint density at radius 3 is 1.55 bits per heavy atom. The minimum absolute atomic E-state index is 0.544. The minimum atomic E-state index is -0.544. The molecular weight excluding hydrogens is 771 g/mol. The van der Waals surface area contributed by atoms with Crippen LogP contribution in [0.15, 0.2) is 224 Å². The summed E-state index contributed by atoms with van der Waals surface area (Å²) in [5.74, 6) is 1.88. The molecule has 2 aromatic heterocycles. The van der Waals surface area contributed by atoms with Crippen molar-refractivity contribution in [1.29, 1.82) is 0 Å². The van der Waals surface area contributed by atoms with E-state index in [1.165, 1.54) is 59.1 Å². The van der Waals surface area contributed by atoms with Crippen LogP contribution in [0, 0.1) is 0 Å². The lowest BCUT2D eigenvalue weighted by atomic mass is 9.67. The average molecular weight is 808 g/mol. The van der Waals surface area contributed by atoms with Crippen LogP contribution in [0.5, 0.6) is 0 Å². The zero-order chi connectivity index (χ0) is 41.0.